The van der Waals surface area contributed by atoms with Gasteiger partial charge in [0.15, 0.2) is 0 Å². The second-order valence-corrected chi connectivity index (χ2v) is 4.57. The summed E-state index contributed by atoms with van der Waals surface area (Å²) in [5.41, 5.74) is 1.92. The molecule has 0 spiro atoms. The molecular formula is C16H17NO3. The maximum atomic E-state index is 12.4. The first-order valence-electron chi connectivity index (χ1n) is 6.24. The van der Waals surface area contributed by atoms with Crippen molar-refractivity contribution in [3.8, 4) is 11.5 Å². The molecule has 1 amide bonds. The molecule has 0 radical (unpaired) electrons. The van der Waals surface area contributed by atoms with E-state index >= 15 is 0 Å². The van der Waals surface area contributed by atoms with Crippen LogP contribution in [0.1, 0.15) is 15.9 Å². The van der Waals surface area contributed by atoms with Gasteiger partial charge in [0.1, 0.15) is 11.5 Å². The second kappa shape index (κ2) is 5.65. The predicted molar refractivity (Wildman–Crippen MR) is 78.6 cm³/mol. The van der Waals surface area contributed by atoms with Gasteiger partial charge in [-0.15, -0.1) is 0 Å². The molecule has 0 aliphatic rings. The number of hydrogen-bond acceptors (Lipinski definition) is 3. The number of anilines is 1. The van der Waals surface area contributed by atoms with Crippen LogP contribution in [0.4, 0.5) is 5.69 Å². The molecule has 0 aromatic heterocycles. The van der Waals surface area contributed by atoms with E-state index in [-0.39, 0.29) is 11.7 Å². The quantitative estimate of drug-likeness (QED) is 0.933. The smallest absolute Gasteiger partial charge is 0.258 e. The maximum Gasteiger partial charge on any atom is 0.258 e. The number of carbonyl (C=O) groups is 1. The molecular weight excluding hydrogens is 254 g/mol. The molecule has 0 fully saturated rings. The van der Waals surface area contributed by atoms with E-state index in [1.807, 2.05) is 18.2 Å². The van der Waals surface area contributed by atoms with Gasteiger partial charge < -0.3 is 14.7 Å². The van der Waals surface area contributed by atoms with Crippen LogP contribution in [0, 0.1) is 6.92 Å². The highest BCUT2D eigenvalue weighted by atomic mass is 16.5. The van der Waals surface area contributed by atoms with E-state index in [2.05, 4.69) is 0 Å². The van der Waals surface area contributed by atoms with Crippen LogP contribution in [-0.2, 0) is 0 Å². The Labute approximate surface area is 118 Å². The monoisotopic (exact) mass is 271 g/mol. The number of rotatable bonds is 3. The second-order valence-electron chi connectivity index (χ2n) is 4.57. The fourth-order valence-corrected chi connectivity index (χ4v) is 1.87. The zero-order chi connectivity index (χ0) is 14.7. The molecule has 0 saturated carbocycles. The third-order valence-electron chi connectivity index (χ3n) is 3.20. The summed E-state index contributed by atoms with van der Waals surface area (Å²) in [5.74, 6) is 0.623. The maximum absolute atomic E-state index is 12.4. The van der Waals surface area contributed by atoms with Gasteiger partial charge in [0.05, 0.1) is 7.11 Å². The number of nitrogens with zero attached hydrogens (tertiary/aromatic N) is 1. The van der Waals surface area contributed by atoms with Crippen LogP contribution < -0.4 is 9.64 Å². The molecule has 20 heavy (non-hydrogen) atoms. The molecule has 2 rings (SSSR count). The third-order valence-corrected chi connectivity index (χ3v) is 3.20. The fraction of sp³-hybridized carbons (Fsp3) is 0.188. The van der Waals surface area contributed by atoms with E-state index in [1.54, 1.807) is 39.3 Å². The molecule has 0 saturated heterocycles. The Balaban J connectivity index is 2.29. The zero-order valence-electron chi connectivity index (χ0n) is 11.8. The number of ether oxygens (including phenoxy) is 1. The van der Waals surface area contributed by atoms with Gasteiger partial charge in [0.25, 0.3) is 5.91 Å². The summed E-state index contributed by atoms with van der Waals surface area (Å²) in [4.78, 5) is 13.9. The first kappa shape index (κ1) is 13.9. The number of carbonyl (C=O) groups excluding carboxylic acids is 1. The van der Waals surface area contributed by atoms with Gasteiger partial charge in [-0.2, -0.15) is 0 Å². The summed E-state index contributed by atoms with van der Waals surface area (Å²) >= 11 is 0. The van der Waals surface area contributed by atoms with Gasteiger partial charge in [-0.25, -0.2) is 0 Å². The molecule has 0 atom stereocenters. The molecule has 0 unspecified atom stereocenters. The van der Waals surface area contributed by atoms with Crippen LogP contribution in [0.15, 0.2) is 42.5 Å². The summed E-state index contributed by atoms with van der Waals surface area (Å²) in [7, 11) is 3.27. The minimum atomic E-state index is -0.187. The van der Waals surface area contributed by atoms with Gasteiger partial charge >= 0.3 is 0 Å². The zero-order valence-corrected chi connectivity index (χ0v) is 11.8. The molecule has 4 nitrogen and oxygen atoms in total. The van der Waals surface area contributed by atoms with E-state index < -0.39 is 0 Å². The van der Waals surface area contributed by atoms with Crippen LogP contribution in [0.25, 0.3) is 0 Å². The van der Waals surface area contributed by atoms with Gasteiger partial charge in [-0.3, -0.25) is 4.79 Å². The van der Waals surface area contributed by atoms with Gasteiger partial charge in [-0.05, 0) is 36.8 Å². The largest absolute Gasteiger partial charge is 0.508 e. The van der Waals surface area contributed by atoms with Crippen LogP contribution in [0.3, 0.4) is 0 Å². The molecule has 2 aromatic carbocycles. The molecule has 0 aliphatic heterocycles. The van der Waals surface area contributed by atoms with Crippen LogP contribution in [-0.4, -0.2) is 25.2 Å². The van der Waals surface area contributed by atoms with Crippen molar-refractivity contribution >= 4 is 11.6 Å². The van der Waals surface area contributed by atoms with E-state index in [4.69, 9.17) is 4.74 Å². The van der Waals surface area contributed by atoms with E-state index in [0.29, 0.717) is 11.3 Å². The van der Waals surface area contributed by atoms with Crippen molar-refractivity contribution in [2.45, 2.75) is 6.92 Å². The molecule has 2 aromatic rings. The SMILES string of the molecule is COc1cccc(N(C)C(=O)c2ccc(C)c(O)c2)c1. The van der Waals surface area contributed by atoms with Crippen LogP contribution in [0.2, 0.25) is 0 Å². The lowest BCUT2D eigenvalue weighted by atomic mass is 10.1. The minimum Gasteiger partial charge on any atom is -0.508 e. The summed E-state index contributed by atoms with van der Waals surface area (Å²) < 4.78 is 5.15. The number of phenolic OH excluding ortho intramolecular Hbond substituents is 1. The Morgan fingerprint density at radius 2 is 1.95 bits per heavy atom. The van der Waals surface area contributed by atoms with Gasteiger partial charge in [-0.1, -0.05) is 12.1 Å². The van der Waals surface area contributed by atoms with E-state index in [0.717, 1.165) is 11.3 Å². The lowest BCUT2D eigenvalue weighted by molar-refractivity contribution is 0.0992. The number of phenols is 1. The molecule has 104 valence electrons. The Morgan fingerprint density at radius 3 is 2.60 bits per heavy atom. The van der Waals surface area contributed by atoms with Crippen molar-refractivity contribution in [1.29, 1.82) is 0 Å². The highest BCUT2D eigenvalue weighted by Gasteiger charge is 2.15. The average Bonchev–Trinajstić information content (AvgIpc) is 2.48. The van der Waals surface area contributed by atoms with E-state index in [9.17, 15) is 9.90 Å². The minimum absolute atomic E-state index is 0.120. The lowest BCUT2D eigenvalue weighted by Gasteiger charge is -2.18. The summed E-state index contributed by atoms with van der Waals surface area (Å²) in [6, 6.07) is 12.2. The number of hydrogen-bond donors (Lipinski definition) is 1. The summed E-state index contributed by atoms with van der Waals surface area (Å²) in [6.07, 6.45) is 0. The van der Waals surface area contributed by atoms with Crippen molar-refractivity contribution in [3.05, 3.63) is 53.6 Å². The fourth-order valence-electron chi connectivity index (χ4n) is 1.87. The van der Waals surface area contributed by atoms with Crippen molar-refractivity contribution in [2.75, 3.05) is 19.1 Å². The van der Waals surface area contributed by atoms with Crippen LogP contribution in [0.5, 0.6) is 11.5 Å². The van der Waals surface area contributed by atoms with Gasteiger partial charge in [0.2, 0.25) is 0 Å². The predicted octanol–water partition coefficient (Wildman–Crippen LogP) is 2.99. The first-order valence-corrected chi connectivity index (χ1v) is 6.24. The molecule has 1 N–H and O–H groups in total. The third kappa shape index (κ3) is 2.74. The molecule has 0 bridgehead atoms. The number of benzene rings is 2. The van der Waals surface area contributed by atoms with Gasteiger partial charge in [0, 0.05) is 24.4 Å². The Bertz CT molecular complexity index is 637. The molecule has 4 heteroatoms. The number of methoxy groups -OCH3 is 1. The average molecular weight is 271 g/mol. The highest BCUT2D eigenvalue weighted by molar-refractivity contribution is 6.06. The number of amides is 1. The first-order chi connectivity index (χ1) is 9.52. The Kier molecular flexibility index (Phi) is 3.94. The molecule has 0 heterocycles. The number of aryl methyl sites for hydroxylation is 1. The number of aromatic hydroxyl groups is 1. The molecule has 0 aliphatic carbocycles. The van der Waals surface area contributed by atoms with Crippen molar-refractivity contribution in [1.82, 2.24) is 0 Å². The Hall–Kier alpha value is -2.49. The van der Waals surface area contributed by atoms with Crippen LogP contribution >= 0.6 is 0 Å². The Morgan fingerprint density at radius 1 is 1.20 bits per heavy atom. The summed E-state index contributed by atoms with van der Waals surface area (Å²) in [5, 5.41) is 9.69. The standard InChI is InChI=1S/C16H17NO3/c1-11-7-8-12(9-15(11)18)16(19)17(2)13-5-4-6-14(10-13)20-3/h4-10,18H,1-3H3. The topological polar surface area (TPSA) is 49.8 Å². The van der Waals surface area contributed by atoms with Crippen molar-refractivity contribution < 1.29 is 14.6 Å². The van der Waals surface area contributed by atoms with Crippen molar-refractivity contribution in [3.63, 3.8) is 0 Å². The lowest BCUT2D eigenvalue weighted by Crippen LogP contribution is -2.26. The highest BCUT2D eigenvalue weighted by Crippen LogP contribution is 2.23. The van der Waals surface area contributed by atoms with E-state index in [1.165, 1.54) is 11.0 Å². The normalized spacial score (nSPS) is 10.2. The summed E-state index contributed by atoms with van der Waals surface area (Å²) in [6.45, 7) is 1.79. The van der Waals surface area contributed by atoms with Crippen molar-refractivity contribution in [2.24, 2.45) is 0 Å².